The first kappa shape index (κ1) is 31.8. The van der Waals surface area contributed by atoms with Crippen LogP contribution in [0.5, 0.6) is 0 Å². The number of carbonyl (C=O) groups excluding carboxylic acids is 2. The summed E-state index contributed by atoms with van der Waals surface area (Å²) in [7, 11) is 1.77. The van der Waals surface area contributed by atoms with E-state index >= 15 is 0 Å². The van der Waals surface area contributed by atoms with Crippen LogP contribution >= 0.6 is 0 Å². The molecule has 0 atom stereocenters. The first-order valence-corrected chi connectivity index (χ1v) is 16.8. The van der Waals surface area contributed by atoms with Crippen molar-refractivity contribution in [2.75, 3.05) is 72.9 Å². The van der Waals surface area contributed by atoms with Crippen molar-refractivity contribution in [2.45, 2.75) is 51.8 Å². The molecule has 3 aromatic heterocycles. The average Bonchev–Trinajstić information content (AvgIpc) is 3.48. The molecule has 1 aromatic carbocycles. The zero-order chi connectivity index (χ0) is 33.2. The molecule has 3 fully saturated rings. The molecule has 3 saturated heterocycles. The van der Waals surface area contributed by atoms with E-state index in [1.165, 1.54) is 0 Å². The summed E-state index contributed by atoms with van der Waals surface area (Å²) in [4.78, 5) is 46.6. The topological polar surface area (TPSA) is 137 Å². The molecule has 6 heterocycles. The molecular weight excluding hydrogens is 610 g/mol. The maximum Gasteiger partial charge on any atom is 0.328 e. The van der Waals surface area contributed by atoms with Gasteiger partial charge >= 0.3 is 6.03 Å². The van der Waals surface area contributed by atoms with Gasteiger partial charge in [0.2, 0.25) is 11.9 Å². The van der Waals surface area contributed by atoms with Crippen molar-refractivity contribution < 1.29 is 14.3 Å². The molecule has 3 aliphatic rings. The fourth-order valence-corrected chi connectivity index (χ4v) is 6.71. The molecule has 7 rings (SSSR count). The van der Waals surface area contributed by atoms with Gasteiger partial charge in [0, 0.05) is 96.1 Å². The minimum atomic E-state index is -0.361. The van der Waals surface area contributed by atoms with Gasteiger partial charge in [0.05, 0.1) is 17.0 Å². The van der Waals surface area contributed by atoms with Crippen molar-refractivity contribution in [2.24, 2.45) is 0 Å². The standard InChI is InChI=1S/C34H43N11O3/c1-23(2)45-28-20-30(37-29-7-11-35-33(38-29)43-12-8-26(48-3)9-13-43)36-21-27(28)32(40-45)42-17-15-41(16-18-42)22-24-5-4-6-25(19-24)44-14-10-31(46)39-34(44)47/h4-7,11,19-21,23,26H,8-10,12-18,22H2,1-3H3,(H,39,46,47)(H,35,36,37,38). The maximum atomic E-state index is 12.4. The highest BCUT2D eigenvalue weighted by molar-refractivity contribution is 6.05. The number of fused-ring (bicyclic) bond motifs is 1. The van der Waals surface area contributed by atoms with Crippen LogP contribution in [0.4, 0.5) is 33.9 Å². The van der Waals surface area contributed by atoms with Crippen molar-refractivity contribution in [3.8, 4) is 0 Å². The highest BCUT2D eigenvalue weighted by atomic mass is 16.5. The number of rotatable bonds is 9. The molecule has 252 valence electrons. The van der Waals surface area contributed by atoms with Crippen LogP contribution in [-0.2, 0) is 16.1 Å². The monoisotopic (exact) mass is 653 g/mol. The number of nitrogens with one attached hydrogen (secondary N) is 2. The van der Waals surface area contributed by atoms with Gasteiger partial charge in [-0.1, -0.05) is 12.1 Å². The van der Waals surface area contributed by atoms with Gasteiger partial charge < -0.3 is 19.9 Å². The molecule has 3 aliphatic heterocycles. The number of pyridine rings is 1. The number of piperidine rings is 1. The molecule has 14 heteroatoms. The summed E-state index contributed by atoms with van der Waals surface area (Å²) in [6, 6.07) is 11.8. The Morgan fingerprint density at radius 1 is 0.958 bits per heavy atom. The Morgan fingerprint density at radius 2 is 1.77 bits per heavy atom. The minimum Gasteiger partial charge on any atom is -0.381 e. The second kappa shape index (κ2) is 13.7. The smallest absolute Gasteiger partial charge is 0.328 e. The SMILES string of the molecule is COC1CCN(c2nccc(Nc3cc4c(cn3)c(N3CCN(Cc5cccc(N6CCC(=O)NC6=O)c5)CC3)nn4C(C)C)n2)CC1. The van der Waals surface area contributed by atoms with Gasteiger partial charge in [-0.05, 0) is 50.5 Å². The number of anilines is 5. The number of methoxy groups -OCH3 is 1. The molecule has 0 spiro atoms. The maximum absolute atomic E-state index is 12.4. The van der Waals surface area contributed by atoms with E-state index in [2.05, 4.69) is 61.0 Å². The molecule has 0 aliphatic carbocycles. The minimum absolute atomic E-state index is 0.172. The van der Waals surface area contributed by atoms with E-state index in [1.54, 1.807) is 18.2 Å². The van der Waals surface area contributed by atoms with E-state index in [0.717, 1.165) is 86.6 Å². The third-order valence-corrected chi connectivity index (χ3v) is 9.37. The Bertz CT molecular complexity index is 1780. The van der Waals surface area contributed by atoms with Gasteiger partial charge in [-0.25, -0.2) is 14.8 Å². The largest absolute Gasteiger partial charge is 0.381 e. The zero-order valence-electron chi connectivity index (χ0n) is 27.8. The lowest BCUT2D eigenvalue weighted by Gasteiger charge is -2.35. The van der Waals surface area contributed by atoms with E-state index in [0.29, 0.717) is 36.7 Å². The van der Waals surface area contributed by atoms with Crippen LogP contribution in [-0.4, -0.2) is 101 Å². The fraction of sp³-hybridized carbons (Fsp3) is 0.471. The number of hydrogen-bond acceptors (Lipinski definition) is 11. The number of benzene rings is 1. The predicted octanol–water partition coefficient (Wildman–Crippen LogP) is 3.93. The lowest BCUT2D eigenvalue weighted by molar-refractivity contribution is -0.120. The Kier molecular flexibility index (Phi) is 9.08. The zero-order valence-corrected chi connectivity index (χ0v) is 27.8. The van der Waals surface area contributed by atoms with Gasteiger partial charge in [0.15, 0.2) is 5.82 Å². The molecule has 48 heavy (non-hydrogen) atoms. The summed E-state index contributed by atoms with van der Waals surface area (Å²) in [6.45, 7) is 10.6. The number of nitrogens with zero attached hydrogens (tertiary/aromatic N) is 9. The highest BCUT2D eigenvalue weighted by Gasteiger charge is 2.26. The lowest BCUT2D eigenvalue weighted by atomic mass is 10.1. The van der Waals surface area contributed by atoms with Crippen LogP contribution in [0.25, 0.3) is 10.9 Å². The summed E-state index contributed by atoms with van der Waals surface area (Å²) < 4.78 is 7.59. The van der Waals surface area contributed by atoms with Gasteiger partial charge in [-0.3, -0.25) is 24.6 Å². The van der Waals surface area contributed by atoms with Gasteiger partial charge in [0.25, 0.3) is 0 Å². The van der Waals surface area contributed by atoms with Crippen molar-refractivity contribution in [3.05, 3.63) is 54.4 Å². The number of urea groups is 1. The molecule has 2 N–H and O–H groups in total. The Labute approximate surface area is 280 Å². The first-order valence-electron chi connectivity index (χ1n) is 16.8. The number of aromatic nitrogens is 5. The number of amides is 3. The molecular formula is C34H43N11O3. The molecule has 14 nitrogen and oxygen atoms in total. The van der Waals surface area contributed by atoms with Crippen molar-refractivity contribution in [1.29, 1.82) is 0 Å². The van der Waals surface area contributed by atoms with Crippen molar-refractivity contribution >= 4 is 51.9 Å². The van der Waals surface area contributed by atoms with Crippen LogP contribution in [0.15, 0.2) is 48.8 Å². The third-order valence-electron chi connectivity index (χ3n) is 9.37. The second-order valence-electron chi connectivity index (χ2n) is 12.9. The van der Waals surface area contributed by atoms with Crippen LogP contribution in [0, 0.1) is 0 Å². The summed E-state index contributed by atoms with van der Waals surface area (Å²) in [6.07, 6.45) is 6.24. The summed E-state index contributed by atoms with van der Waals surface area (Å²) >= 11 is 0. The van der Waals surface area contributed by atoms with Gasteiger partial charge in [0.1, 0.15) is 11.6 Å². The van der Waals surface area contributed by atoms with E-state index in [1.807, 2.05) is 30.5 Å². The van der Waals surface area contributed by atoms with Gasteiger partial charge in [-0.2, -0.15) is 10.1 Å². The number of carbonyl (C=O) groups is 2. The van der Waals surface area contributed by atoms with Crippen LogP contribution in [0.2, 0.25) is 0 Å². The van der Waals surface area contributed by atoms with Crippen molar-refractivity contribution in [1.82, 2.24) is 34.9 Å². The predicted molar refractivity (Wildman–Crippen MR) is 185 cm³/mol. The summed E-state index contributed by atoms with van der Waals surface area (Å²) in [5.74, 6) is 2.85. The number of piperazine rings is 1. The molecule has 3 amide bonds. The highest BCUT2D eigenvalue weighted by Crippen LogP contribution is 2.31. The first-order chi connectivity index (χ1) is 23.3. The molecule has 4 aromatic rings. The van der Waals surface area contributed by atoms with Gasteiger partial charge in [-0.15, -0.1) is 0 Å². The van der Waals surface area contributed by atoms with Crippen LogP contribution < -0.4 is 25.3 Å². The molecule has 0 bridgehead atoms. The third kappa shape index (κ3) is 6.76. The summed E-state index contributed by atoms with van der Waals surface area (Å²) in [5, 5.41) is 11.9. The number of hydrogen-bond donors (Lipinski definition) is 2. The number of ether oxygens (including phenoxy) is 1. The quantitative estimate of drug-likeness (QED) is 0.272. The van der Waals surface area contributed by atoms with E-state index in [4.69, 9.17) is 19.8 Å². The van der Waals surface area contributed by atoms with Crippen LogP contribution in [0.1, 0.15) is 44.7 Å². The molecule has 0 saturated carbocycles. The van der Waals surface area contributed by atoms with Crippen LogP contribution in [0.3, 0.4) is 0 Å². The van der Waals surface area contributed by atoms with E-state index in [9.17, 15) is 9.59 Å². The Balaban J connectivity index is 1.02. The second-order valence-corrected chi connectivity index (χ2v) is 12.9. The fourth-order valence-electron chi connectivity index (χ4n) is 6.71. The molecule has 0 radical (unpaired) electrons. The Morgan fingerprint density at radius 3 is 2.52 bits per heavy atom. The lowest BCUT2D eigenvalue weighted by Crippen LogP contribution is -2.49. The van der Waals surface area contributed by atoms with E-state index < -0.39 is 0 Å². The average molecular weight is 654 g/mol. The Hall–Kier alpha value is -4.82. The number of imide groups is 1. The normalized spacial score (nSPS) is 18.2. The summed E-state index contributed by atoms with van der Waals surface area (Å²) in [5.41, 5.74) is 2.97. The molecule has 0 unspecified atom stereocenters. The van der Waals surface area contributed by atoms with E-state index in [-0.39, 0.29) is 18.0 Å². The van der Waals surface area contributed by atoms with Crippen molar-refractivity contribution in [3.63, 3.8) is 0 Å².